The highest BCUT2D eigenvalue weighted by molar-refractivity contribution is 6.04. The third kappa shape index (κ3) is 4.08. The Bertz CT molecular complexity index is 1060. The second-order valence-electron chi connectivity index (χ2n) is 6.13. The summed E-state index contributed by atoms with van der Waals surface area (Å²) in [6.45, 7) is 1.50. The lowest BCUT2D eigenvalue weighted by Gasteiger charge is -2.14. The van der Waals surface area contributed by atoms with Gasteiger partial charge < -0.3 is 19.6 Å². The average molecular weight is 369 g/mol. The smallest absolute Gasteiger partial charge is 0.344 e. The second-order valence-corrected chi connectivity index (χ2v) is 6.13. The van der Waals surface area contributed by atoms with Gasteiger partial charge in [-0.2, -0.15) is 0 Å². The standard InChI is InChI=1S/C20H19NO6/c1-2-5-16(19(23)24)21-18(22)11-26-12-8-9-14-13-6-3-4-7-15(13)20(25)27-17(14)10-12/h3-4,6-10,16H,2,5,11H2,1H3,(H,21,22)(H,23,24). The first-order valence-corrected chi connectivity index (χ1v) is 8.60. The highest BCUT2D eigenvalue weighted by Crippen LogP contribution is 2.26. The number of hydrogen-bond donors (Lipinski definition) is 2. The molecule has 27 heavy (non-hydrogen) atoms. The van der Waals surface area contributed by atoms with Gasteiger partial charge in [0.05, 0.1) is 5.39 Å². The molecule has 0 aliphatic carbocycles. The summed E-state index contributed by atoms with van der Waals surface area (Å²) in [5.74, 6) is -1.26. The van der Waals surface area contributed by atoms with Crippen LogP contribution in [-0.2, 0) is 9.59 Å². The van der Waals surface area contributed by atoms with Gasteiger partial charge in [0.1, 0.15) is 17.4 Å². The van der Waals surface area contributed by atoms with Crippen molar-refractivity contribution in [2.75, 3.05) is 6.61 Å². The lowest BCUT2D eigenvalue weighted by molar-refractivity contribution is -0.142. The van der Waals surface area contributed by atoms with E-state index < -0.39 is 23.5 Å². The number of ether oxygens (including phenoxy) is 1. The second kappa shape index (κ2) is 7.90. The van der Waals surface area contributed by atoms with E-state index in [1.165, 1.54) is 6.07 Å². The minimum absolute atomic E-state index is 0.336. The number of hydrogen-bond acceptors (Lipinski definition) is 5. The molecule has 2 N–H and O–H groups in total. The van der Waals surface area contributed by atoms with Crippen LogP contribution in [0, 0.1) is 0 Å². The van der Waals surface area contributed by atoms with E-state index in [9.17, 15) is 14.4 Å². The molecule has 140 valence electrons. The Labute approximate surface area is 154 Å². The molecule has 0 spiro atoms. The van der Waals surface area contributed by atoms with Crippen LogP contribution in [0.25, 0.3) is 21.7 Å². The molecule has 2 aromatic carbocycles. The van der Waals surface area contributed by atoms with Crippen molar-refractivity contribution in [3.05, 3.63) is 52.9 Å². The van der Waals surface area contributed by atoms with Gasteiger partial charge in [-0.15, -0.1) is 0 Å². The third-order valence-corrected chi connectivity index (χ3v) is 4.17. The van der Waals surface area contributed by atoms with Crippen molar-refractivity contribution in [1.29, 1.82) is 0 Å². The molecule has 3 aromatic rings. The normalized spacial score (nSPS) is 12.0. The lowest BCUT2D eigenvalue weighted by atomic mass is 10.1. The summed E-state index contributed by atoms with van der Waals surface area (Å²) in [6, 6.07) is 11.2. The van der Waals surface area contributed by atoms with Crippen LogP contribution in [0.3, 0.4) is 0 Å². The van der Waals surface area contributed by atoms with E-state index in [2.05, 4.69) is 5.32 Å². The van der Waals surface area contributed by atoms with E-state index in [4.69, 9.17) is 14.3 Å². The molecule has 1 atom stereocenters. The van der Waals surface area contributed by atoms with E-state index in [0.717, 1.165) is 10.8 Å². The zero-order valence-electron chi connectivity index (χ0n) is 14.7. The van der Waals surface area contributed by atoms with Crippen molar-refractivity contribution in [3.8, 4) is 5.75 Å². The van der Waals surface area contributed by atoms with E-state index in [0.29, 0.717) is 29.6 Å². The fourth-order valence-electron chi connectivity index (χ4n) is 2.88. The molecule has 3 rings (SSSR count). The van der Waals surface area contributed by atoms with Crippen LogP contribution in [0.1, 0.15) is 19.8 Å². The number of aliphatic carboxylic acids is 1. The fourth-order valence-corrected chi connectivity index (χ4v) is 2.88. The Morgan fingerprint density at radius 1 is 1.15 bits per heavy atom. The Kier molecular flexibility index (Phi) is 5.40. The van der Waals surface area contributed by atoms with Gasteiger partial charge in [0.25, 0.3) is 5.91 Å². The summed E-state index contributed by atoms with van der Waals surface area (Å²) in [4.78, 5) is 35.1. The fraction of sp³-hybridized carbons (Fsp3) is 0.250. The number of fused-ring (bicyclic) bond motifs is 3. The van der Waals surface area contributed by atoms with Gasteiger partial charge in [0.2, 0.25) is 0 Å². The maximum Gasteiger partial charge on any atom is 0.344 e. The Morgan fingerprint density at radius 3 is 2.59 bits per heavy atom. The average Bonchev–Trinajstić information content (AvgIpc) is 2.66. The SMILES string of the molecule is CCCC(NC(=O)COc1ccc2c(c1)oc(=O)c1ccccc12)C(=O)O. The van der Waals surface area contributed by atoms with Crippen LogP contribution < -0.4 is 15.7 Å². The number of carboxylic acids is 1. The molecular formula is C20H19NO6. The zero-order valence-corrected chi connectivity index (χ0v) is 14.7. The Morgan fingerprint density at radius 2 is 1.89 bits per heavy atom. The van der Waals surface area contributed by atoms with Crippen LogP contribution >= 0.6 is 0 Å². The van der Waals surface area contributed by atoms with Crippen molar-refractivity contribution >= 4 is 33.6 Å². The van der Waals surface area contributed by atoms with Crippen molar-refractivity contribution in [2.45, 2.75) is 25.8 Å². The molecule has 0 saturated carbocycles. The van der Waals surface area contributed by atoms with Gasteiger partial charge in [-0.1, -0.05) is 31.5 Å². The van der Waals surface area contributed by atoms with E-state index >= 15 is 0 Å². The lowest BCUT2D eigenvalue weighted by Crippen LogP contribution is -2.42. The number of amides is 1. The van der Waals surface area contributed by atoms with Gasteiger partial charge in [-0.25, -0.2) is 9.59 Å². The predicted molar refractivity (Wildman–Crippen MR) is 100.0 cm³/mol. The summed E-state index contributed by atoms with van der Waals surface area (Å²) in [6.07, 6.45) is 0.977. The van der Waals surface area contributed by atoms with E-state index in [-0.39, 0.29) is 6.61 Å². The van der Waals surface area contributed by atoms with E-state index in [1.54, 1.807) is 24.3 Å². The maximum absolute atomic E-state index is 12.1. The van der Waals surface area contributed by atoms with Crippen molar-refractivity contribution in [1.82, 2.24) is 5.32 Å². The Balaban J connectivity index is 1.76. The first kappa shape index (κ1) is 18.4. The van der Waals surface area contributed by atoms with Gasteiger partial charge in [0.15, 0.2) is 6.61 Å². The zero-order chi connectivity index (χ0) is 19.4. The molecule has 0 aliphatic heterocycles. The Hall–Kier alpha value is -3.35. The van der Waals surface area contributed by atoms with Crippen LogP contribution in [-0.4, -0.2) is 29.6 Å². The number of carbonyl (C=O) groups is 2. The first-order valence-electron chi connectivity index (χ1n) is 8.60. The van der Waals surface area contributed by atoms with Gasteiger partial charge in [-0.05, 0) is 30.0 Å². The minimum Gasteiger partial charge on any atom is -0.484 e. The van der Waals surface area contributed by atoms with Gasteiger partial charge >= 0.3 is 11.6 Å². The molecule has 1 amide bonds. The number of nitrogens with one attached hydrogen (secondary N) is 1. The van der Waals surface area contributed by atoms with E-state index in [1.807, 2.05) is 19.1 Å². The van der Waals surface area contributed by atoms with Crippen molar-refractivity contribution in [3.63, 3.8) is 0 Å². The molecule has 0 saturated heterocycles. The predicted octanol–water partition coefficient (Wildman–Crippen LogP) is 2.69. The molecule has 1 aromatic heterocycles. The quantitative estimate of drug-likeness (QED) is 0.490. The molecule has 0 aliphatic rings. The van der Waals surface area contributed by atoms with Crippen LogP contribution in [0.2, 0.25) is 0 Å². The summed E-state index contributed by atoms with van der Waals surface area (Å²) in [5.41, 5.74) is -0.0946. The molecule has 1 heterocycles. The molecule has 0 fully saturated rings. The summed E-state index contributed by atoms with van der Waals surface area (Å²) < 4.78 is 10.8. The minimum atomic E-state index is -1.08. The van der Waals surface area contributed by atoms with Crippen LogP contribution in [0.5, 0.6) is 5.75 Å². The number of rotatable bonds is 7. The monoisotopic (exact) mass is 369 g/mol. The van der Waals surface area contributed by atoms with Crippen molar-refractivity contribution in [2.24, 2.45) is 0 Å². The molecule has 0 bridgehead atoms. The molecule has 7 nitrogen and oxygen atoms in total. The van der Waals surface area contributed by atoms with Gasteiger partial charge in [0, 0.05) is 11.5 Å². The molecule has 7 heteroatoms. The maximum atomic E-state index is 12.1. The third-order valence-electron chi connectivity index (χ3n) is 4.17. The number of carbonyl (C=O) groups excluding carboxylic acids is 1. The highest BCUT2D eigenvalue weighted by atomic mass is 16.5. The molecular weight excluding hydrogens is 350 g/mol. The van der Waals surface area contributed by atoms with Gasteiger partial charge in [-0.3, -0.25) is 4.79 Å². The topological polar surface area (TPSA) is 106 Å². The summed E-state index contributed by atoms with van der Waals surface area (Å²) in [5, 5.41) is 13.5. The number of benzene rings is 2. The highest BCUT2D eigenvalue weighted by Gasteiger charge is 2.19. The molecule has 0 radical (unpaired) electrons. The van der Waals surface area contributed by atoms with Crippen LogP contribution in [0.4, 0.5) is 0 Å². The summed E-state index contributed by atoms with van der Waals surface area (Å²) >= 11 is 0. The largest absolute Gasteiger partial charge is 0.484 e. The number of carboxylic acid groups (broad SMARTS) is 1. The summed E-state index contributed by atoms with van der Waals surface area (Å²) in [7, 11) is 0. The molecule has 1 unspecified atom stereocenters. The van der Waals surface area contributed by atoms with Crippen LogP contribution in [0.15, 0.2) is 51.7 Å². The van der Waals surface area contributed by atoms with Crippen molar-refractivity contribution < 1.29 is 23.8 Å². The first-order chi connectivity index (χ1) is 13.0.